The molecule has 0 saturated carbocycles. The molecule has 2 rings (SSSR count). The molecule has 4 heteroatoms. The molecule has 0 saturated heterocycles. The van der Waals surface area contributed by atoms with Crippen LogP contribution in [0.15, 0.2) is 17.5 Å². The highest BCUT2D eigenvalue weighted by molar-refractivity contribution is 7.17. The Morgan fingerprint density at radius 3 is 2.93 bits per heavy atom. The molecule has 1 heterocycles. The largest absolute Gasteiger partial charge is 0.198 e. The van der Waals surface area contributed by atoms with Crippen molar-refractivity contribution in [2.24, 2.45) is 0 Å². The Morgan fingerprint density at radius 1 is 1.43 bits per heavy atom. The third kappa shape index (κ3) is 1.48. The Labute approximate surface area is 95.5 Å². The van der Waals surface area contributed by atoms with E-state index >= 15 is 0 Å². The smallest absolute Gasteiger partial charge is 0.0670 e. The third-order valence-corrected chi connectivity index (χ3v) is 3.80. The average molecular weight is 242 g/mol. The predicted octanol–water partition coefficient (Wildman–Crippen LogP) is 4.27. The van der Waals surface area contributed by atoms with Gasteiger partial charge in [0.1, 0.15) is 0 Å². The van der Waals surface area contributed by atoms with E-state index in [2.05, 4.69) is 6.07 Å². The Kier molecular flexibility index (Phi) is 2.64. The molecule has 0 aliphatic heterocycles. The second-order valence-electron chi connectivity index (χ2n) is 2.82. The summed E-state index contributed by atoms with van der Waals surface area (Å²) in [7, 11) is 0. The van der Waals surface area contributed by atoms with Crippen molar-refractivity contribution in [1.82, 2.24) is 0 Å². The van der Waals surface area contributed by atoms with Gasteiger partial charge in [0.25, 0.3) is 0 Å². The number of rotatable bonds is 1. The summed E-state index contributed by atoms with van der Waals surface area (Å²) in [4.78, 5) is 0. The molecule has 70 valence electrons. The highest BCUT2D eigenvalue weighted by Crippen LogP contribution is 2.36. The summed E-state index contributed by atoms with van der Waals surface area (Å²) in [5, 5.41) is 12.7. The van der Waals surface area contributed by atoms with E-state index < -0.39 is 0 Å². The van der Waals surface area contributed by atoms with Crippen LogP contribution in [0.25, 0.3) is 10.1 Å². The summed E-state index contributed by atoms with van der Waals surface area (Å²) >= 11 is 13.6. The van der Waals surface area contributed by atoms with Gasteiger partial charge >= 0.3 is 0 Å². The zero-order chi connectivity index (χ0) is 10.1. The van der Waals surface area contributed by atoms with Crippen LogP contribution in [-0.4, -0.2) is 0 Å². The lowest BCUT2D eigenvalue weighted by molar-refractivity contribution is 1.29. The van der Waals surface area contributed by atoms with Crippen molar-refractivity contribution in [3.05, 3.63) is 33.1 Å². The third-order valence-electron chi connectivity index (χ3n) is 1.98. The van der Waals surface area contributed by atoms with Crippen molar-refractivity contribution in [1.29, 1.82) is 5.26 Å². The number of halogens is 2. The normalized spacial score (nSPS) is 10.4. The number of thiophene rings is 1. The number of hydrogen-bond donors (Lipinski definition) is 0. The van der Waals surface area contributed by atoms with Crippen LogP contribution in [0.4, 0.5) is 0 Å². The van der Waals surface area contributed by atoms with Crippen LogP contribution in [0, 0.1) is 11.3 Å². The monoisotopic (exact) mass is 241 g/mol. The maximum atomic E-state index is 8.68. The van der Waals surface area contributed by atoms with Crippen LogP contribution in [-0.2, 0) is 6.42 Å². The molecule has 1 aromatic heterocycles. The molecular weight excluding hydrogens is 237 g/mol. The number of benzene rings is 1. The summed E-state index contributed by atoms with van der Waals surface area (Å²) in [5.74, 6) is 0. The van der Waals surface area contributed by atoms with E-state index in [-0.39, 0.29) is 0 Å². The first kappa shape index (κ1) is 9.79. The second-order valence-corrected chi connectivity index (χ2v) is 4.53. The Balaban J connectivity index is 2.81. The van der Waals surface area contributed by atoms with E-state index in [1.807, 2.05) is 17.5 Å². The predicted molar refractivity (Wildman–Crippen MR) is 61.2 cm³/mol. The van der Waals surface area contributed by atoms with E-state index in [0.717, 1.165) is 15.6 Å². The van der Waals surface area contributed by atoms with E-state index in [9.17, 15) is 0 Å². The fourth-order valence-corrected chi connectivity index (χ4v) is 2.79. The molecule has 14 heavy (non-hydrogen) atoms. The van der Waals surface area contributed by atoms with Gasteiger partial charge in [-0.25, -0.2) is 0 Å². The van der Waals surface area contributed by atoms with Crippen LogP contribution in [0.1, 0.15) is 5.56 Å². The van der Waals surface area contributed by atoms with Crippen molar-refractivity contribution >= 4 is 44.6 Å². The minimum absolute atomic E-state index is 0.302. The molecule has 0 radical (unpaired) electrons. The highest BCUT2D eigenvalue weighted by Gasteiger charge is 2.11. The first-order valence-corrected chi connectivity index (χ1v) is 5.58. The summed E-state index contributed by atoms with van der Waals surface area (Å²) in [6, 6.07) is 5.90. The summed E-state index contributed by atoms with van der Waals surface area (Å²) in [6.07, 6.45) is 0.302. The quantitative estimate of drug-likeness (QED) is 0.732. The summed E-state index contributed by atoms with van der Waals surface area (Å²) in [5.41, 5.74) is 0.840. The molecule has 0 fully saturated rings. The maximum Gasteiger partial charge on any atom is 0.0670 e. The van der Waals surface area contributed by atoms with Crippen LogP contribution >= 0.6 is 34.5 Å². The molecule has 2 aromatic rings. The topological polar surface area (TPSA) is 23.8 Å². The second kappa shape index (κ2) is 3.78. The number of hydrogen-bond acceptors (Lipinski definition) is 2. The van der Waals surface area contributed by atoms with Crippen molar-refractivity contribution in [2.45, 2.75) is 6.42 Å². The van der Waals surface area contributed by atoms with Crippen molar-refractivity contribution in [3.8, 4) is 6.07 Å². The van der Waals surface area contributed by atoms with Gasteiger partial charge in [0.2, 0.25) is 0 Å². The van der Waals surface area contributed by atoms with Gasteiger partial charge in [-0.15, -0.1) is 11.3 Å². The Hall–Kier alpha value is -0.750. The number of nitrogens with zero attached hydrogens (tertiary/aromatic N) is 1. The molecule has 0 aliphatic carbocycles. The van der Waals surface area contributed by atoms with Crippen molar-refractivity contribution in [3.63, 3.8) is 0 Å². The summed E-state index contributed by atoms with van der Waals surface area (Å²) in [6.45, 7) is 0. The zero-order valence-electron chi connectivity index (χ0n) is 7.05. The number of nitriles is 1. The molecule has 1 aromatic carbocycles. The van der Waals surface area contributed by atoms with E-state index in [0.29, 0.717) is 16.5 Å². The van der Waals surface area contributed by atoms with Crippen LogP contribution in [0.2, 0.25) is 10.0 Å². The molecule has 0 bridgehead atoms. The van der Waals surface area contributed by atoms with Gasteiger partial charge in [-0.3, -0.25) is 0 Å². The van der Waals surface area contributed by atoms with Gasteiger partial charge in [-0.2, -0.15) is 5.26 Å². The van der Waals surface area contributed by atoms with E-state index in [4.69, 9.17) is 28.5 Å². The first-order chi connectivity index (χ1) is 6.74. The van der Waals surface area contributed by atoms with Gasteiger partial charge < -0.3 is 0 Å². The van der Waals surface area contributed by atoms with Crippen LogP contribution in [0.3, 0.4) is 0 Å². The van der Waals surface area contributed by atoms with Gasteiger partial charge in [0, 0.05) is 10.3 Å². The van der Waals surface area contributed by atoms with Crippen LogP contribution in [0.5, 0.6) is 0 Å². The van der Waals surface area contributed by atoms with Crippen LogP contribution < -0.4 is 0 Å². The average Bonchev–Trinajstić information content (AvgIpc) is 2.60. The molecular formula is C10H5Cl2NS. The van der Waals surface area contributed by atoms with Gasteiger partial charge in [0.05, 0.1) is 22.5 Å². The lowest BCUT2D eigenvalue weighted by Gasteiger charge is -2.03. The molecule has 1 nitrogen and oxygen atoms in total. The Morgan fingerprint density at radius 2 is 2.21 bits per heavy atom. The van der Waals surface area contributed by atoms with Crippen molar-refractivity contribution < 1.29 is 0 Å². The zero-order valence-corrected chi connectivity index (χ0v) is 9.38. The lowest BCUT2D eigenvalue weighted by atomic mass is 10.1. The fourth-order valence-electron chi connectivity index (χ4n) is 1.36. The van der Waals surface area contributed by atoms with Gasteiger partial charge in [-0.1, -0.05) is 23.2 Å². The summed E-state index contributed by atoms with van der Waals surface area (Å²) < 4.78 is 1.06. The number of fused-ring (bicyclic) bond motifs is 1. The fraction of sp³-hybridized carbons (Fsp3) is 0.100. The van der Waals surface area contributed by atoms with E-state index in [1.165, 1.54) is 0 Å². The van der Waals surface area contributed by atoms with Gasteiger partial charge in [-0.05, 0) is 22.9 Å². The standard InChI is InChI=1S/C10H5Cl2NS/c11-8-5-6-2-4-14-10(6)7(1-3-13)9(8)12/h2,4-5H,1H2. The molecule has 0 unspecified atom stereocenters. The first-order valence-electron chi connectivity index (χ1n) is 3.95. The Bertz CT molecular complexity index is 525. The molecule has 0 aliphatic rings. The van der Waals surface area contributed by atoms with E-state index in [1.54, 1.807) is 11.3 Å². The molecule has 0 spiro atoms. The highest BCUT2D eigenvalue weighted by atomic mass is 35.5. The molecule has 0 atom stereocenters. The van der Waals surface area contributed by atoms with Crippen molar-refractivity contribution in [2.75, 3.05) is 0 Å². The SMILES string of the molecule is N#CCc1c(Cl)c(Cl)cc2ccsc12. The molecule has 0 amide bonds. The molecule has 0 N–H and O–H groups in total. The minimum Gasteiger partial charge on any atom is -0.198 e. The lowest BCUT2D eigenvalue weighted by Crippen LogP contribution is -1.85. The van der Waals surface area contributed by atoms with Gasteiger partial charge in [0.15, 0.2) is 0 Å². The minimum atomic E-state index is 0.302. The maximum absolute atomic E-state index is 8.68.